The van der Waals surface area contributed by atoms with Crippen LogP contribution in [-0.2, 0) is 4.79 Å². The van der Waals surface area contributed by atoms with E-state index in [0.29, 0.717) is 6.54 Å². The maximum absolute atomic E-state index is 11.1. The lowest BCUT2D eigenvalue weighted by Gasteiger charge is -2.37. The third-order valence-corrected chi connectivity index (χ3v) is 3.28. The van der Waals surface area contributed by atoms with Gasteiger partial charge in [-0.15, -0.1) is 0 Å². The standard InChI is InChI=1S/C12H16N2O2/c1-9-3-4-10(13-7-9)14-8-12(11(15)16)5-2-6-12/h3-4,7H,2,5-6,8H2,1H3,(H,13,14)(H,15,16). The Labute approximate surface area is 94.7 Å². The number of hydrogen-bond donors (Lipinski definition) is 2. The molecule has 1 aliphatic rings. The maximum atomic E-state index is 11.1. The molecule has 0 atom stereocenters. The van der Waals surface area contributed by atoms with Gasteiger partial charge in [-0.05, 0) is 31.4 Å². The van der Waals surface area contributed by atoms with Gasteiger partial charge in [0.1, 0.15) is 5.82 Å². The van der Waals surface area contributed by atoms with Gasteiger partial charge in [0.2, 0.25) is 0 Å². The van der Waals surface area contributed by atoms with Crippen molar-refractivity contribution < 1.29 is 9.90 Å². The normalized spacial score (nSPS) is 17.6. The van der Waals surface area contributed by atoms with Crippen molar-refractivity contribution in [2.75, 3.05) is 11.9 Å². The molecule has 1 aromatic heterocycles. The Bertz CT molecular complexity index is 383. The van der Waals surface area contributed by atoms with Crippen LogP contribution in [0.15, 0.2) is 18.3 Å². The summed E-state index contributed by atoms with van der Waals surface area (Å²) >= 11 is 0. The Morgan fingerprint density at radius 1 is 1.56 bits per heavy atom. The summed E-state index contributed by atoms with van der Waals surface area (Å²) in [7, 11) is 0. The van der Waals surface area contributed by atoms with Crippen LogP contribution in [0.5, 0.6) is 0 Å². The molecule has 2 rings (SSSR count). The summed E-state index contributed by atoms with van der Waals surface area (Å²) in [6.45, 7) is 2.44. The predicted molar refractivity (Wildman–Crippen MR) is 61.4 cm³/mol. The van der Waals surface area contributed by atoms with Crippen LogP contribution in [0.25, 0.3) is 0 Å². The summed E-state index contributed by atoms with van der Waals surface area (Å²) in [6.07, 6.45) is 4.31. The summed E-state index contributed by atoms with van der Waals surface area (Å²) in [5.41, 5.74) is 0.536. The van der Waals surface area contributed by atoms with E-state index in [1.165, 1.54) is 0 Å². The quantitative estimate of drug-likeness (QED) is 0.815. The van der Waals surface area contributed by atoms with Gasteiger partial charge in [-0.2, -0.15) is 0 Å². The smallest absolute Gasteiger partial charge is 0.311 e. The molecule has 86 valence electrons. The number of carbonyl (C=O) groups is 1. The first-order chi connectivity index (χ1) is 7.62. The van der Waals surface area contributed by atoms with Crippen LogP contribution in [0.2, 0.25) is 0 Å². The number of pyridine rings is 1. The van der Waals surface area contributed by atoms with Crippen LogP contribution >= 0.6 is 0 Å². The zero-order valence-electron chi connectivity index (χ0n) is 9.36. The fourth-order valence-corrected chi connectivity index (χ4v) is 1.90. The number of hydrogen-bond acceptors (Lipinski definition) is 3. The second kappa shape index (κ2) is 4.12. The molecule has 1 aliphatic carbocycles. The zero-order valence-corrected chi connectivity index (χ0v) is 9.36. The monoisotopic (exact) mass is 220 g/mol. The number of carboxylic acid groups (broad SMARTS) is 1. The summed E-state index contributed by atoms with van der Waals surface area (Å²) < 4.78 is 0. The van der Waals surface area contributed by atoms with Crippen molar-refractivity contribution in [1.29, 1.82) is 0 Å². The van der Waals surface area contributed by atoms with Crippen LogP contribution < -0.4 is 5.32 Å². The zero-order chi connectivity index (χ0) is 11.6. The van der Waals surface area contributed by atoms with E-state index in [9.17, 15) is 4.79 Å². The number of nitrogens with zero attached hydrogens (tertiary/aromatic N) is 1. The van der Waals surface area contributed by atoms with Gasteiger partial charge in [0.15, 0.2) is 0 Å². The first kappa shape index (κ1) is 10.9. The van der Waals surface area contributed by atoms with Crippen LogP contribution in [0.4, 0.5) is 5.82 Å². The third kappa shape index (κ3) is 2.01. The molecule has 0 radical (unpaired) electrons. The minimum atomic E-state index is -0.696. The maximum Gasteiger partial charge on any atom is 0.311 e. The molecule has 0 unspecified atom stereocenters. The Balaban J connectivity index is 1.96. The van der Waals surface area contributed by atoms with Gasteiger partial charge in [-0.3, -0.25) is 4.79 Å². The SMILES string of the molecule is Cc1ccc(NCC2(C(=O)O)CCC2)nc1. The summed E-state index contributed by atoms with van der Waals surface area (Å²) in [4.78, 5) is 15.3. The van der Waals surface area contributed by atoms with E-state index >= 15 is 0 Å². The molecule has 0 bridgehead atoms. The van der Waals surface area contributed by atoms with Crippen LogP contribution in [-0.4, -0.2) is 22.6 Å². The number of nitrogens with one attached hydrogen (secondary N) is 1. The Hall–Kier alpha value is -1.58. The summed E-state index contributed by atoms with van der Waals surface area (Å²) in [5.74, 6) is 0.0523. The molecular formula is C12H16N2O2. The lowest BCUT2D eigenvalue weighted by atomic mass is 9.69. The number of rotatable bonds is 4. The van der Waals surface area contributed by atoms with E-state index in [1.807, 2.05) is 19.1 Å². The van der Waals surface area contributed by atoms with E-state index in [2.05, 4.69) is 10.3 Å². The first-order valence-electron chi connectivity index (χ1n) is 5.52. The van der Waals surface area contributed by atoms with Crippen molar-refractivity contribution >= 4 is 11.8 Å². The number of aliphatic carboxylic acids is 1. The highest BCUT2D eigenvalue weighted by atomic mass is 16.4. The highest BCUT2D eigenvalue weighted by Crippen LogP contribution is 2.41. The molecule has 0 aliphatic heterocycles. The Morgan fingerprint density at radius 3 is 2.75 bits per heavy atom. The summed E-state index contributed by atoms with van der Waals surface area (Å²) in [6, 6.07) is 3.84. The minimum Gasteiger partial charge on any atom is -0.481 e. The molecule has 1 fully saturated rings. The molecular weight excluding hydrogens is 204 g/mol. The number of anilines is 1. The van der Waals surface area contributed by atoms with E-state index in [4.69, 9.17) is 5.11 Å². The fraction of sp³-hybridized carbons (Fsp3) is 0.500. The lowest BCUT2D eigenvalue weighted by molar-refractivity contribution is -0.153. The van der Waals surface area contributed by atoms with E-state index in [-0.39, 0.29) is 0 Å². The van der Waals surface area contributed by atoms with Gasteiger partial charge in [-0.1, -0.05) is 12.5 Å². The number of carboxylic acids is 1. The topological polar surface area (TPSA) is 62.2 Å². The molecule has 16 heavy (non-hydrogen) atoms. The van der Waals surface area contributed by atoms with Gasteiger partial charge < -0.3 is 10.4 Å². The van der Waals surface area contributed by atoms with Gasteiger partial charge >= 0.3 is 5.97 Å². The molecule has 0 amide bonds. The molecule has 4 nitrogen and oxygen atoms in total. The van der Waals surface area contributed by atoms with Crippen molar-refractivity contribution in [3.05, 3.63) is 23.9 Å². The highest BCUT2D eigenvalue weighted by Gasteiger charge is 2.44. The highest BCUT2D eigenvalue weighted by molar-refractivity contribution is 5.76. The molecule has 4 heteroatoms. The van der Waals surface area contributed by atoms with Crippen molar-refractivity contribution in [2.24, 2.45) is 5.41 Å². The lowest BCUT2D eigenvalue weighted by Crippen LogP contribution is -2.43. The molecule has 0 aromatic carbocycles. The van der Waals surface area contributed by atoms with Crippen LogP contribution in [0.1, 0.15) is 24.8 Å². The fourth-order valence-electron chi connectivity index (χ4n) is 1.90. The second-order valence-corrected chi connectivity index (χ2v) is 4.51. The van der Waals surface area contributed by atoms with Gasteiger partial charge in [-0.25, -0.2) is 4.98 Å². The molecule has 0 saturated heterocycles. The minimum absolute atomic E-state index is 0.471. The third-order valence-electron chi connectivity index (χ3n) is 3.28. The summed E-state index contributed by atoms with van der Waals surface area (Å²) in [5, 5.41) is 12.2. The largest absolute Gasteiger partial charge is 0.481 e. The molecule has 0 spiro atoms. The molecule has 2 N–H and O–H groups in total. The van der Waals surface area contributed by atoms with Crippen molar-refractivity contribution in [3.8, 4) is 0 Å². The Morgan fingerprint density at radius 2 is 2.31 bits per heavy atom. The predicted octanol–water partition coefficient (Wildman–Crippen LogP) is 2.06. The van der Waals surface area contributed by atoms with E-state index < -0.39 is 11.4 Å². The number of aromatic nitrogens is 1. The second-order valence-electron chi connectivity index (χ2n) is 4.51. The molecule has 1 heterocycles. The molecule has 1 aromatic rings. The van der Waals surface area contributed by atoms with E-state index in [1.54, 1.807) is 6.20 Å². The molecule has 1 saturated carbocycles. The van der Waals surface area contributed by atoms with Crippen molar-refractivity contribution in [1.82, 2.24) is 4.98 Å². The van der Waals surface area contributed by atoms with Crippen LogP contribution in [0.3, 0.4) is 0 Å². The van der Waals surface area contributed by atoms with Gasteiger partial charge in [0, 0.05) is 12.7 Å². The van der Waals surface area contributed by atoms with Crippen molar-refractivity contribution in [3.63, 3.8) is 0 Å². The first-order valence-corrected chi connectivity index (χ1v) is 5.52. The van der Waals surface area contributed by atoms with E-state index in [0.717, 1.165) is 30.6 Å². The van der Waals surface area contributed by atoms with Crippen LogP contribution in [0, 0.1) is 12.3 Å². The van der Waals surface area contributed by atoms with Gasteiger partial charge in [0.25, 0.3) is 0 Å². The average molecular weight is 220 g/mol. The van der Waals surface area contributed by atoms with Crippen molar-refractivity contribution in [2.45, 2.75) is 26.2 Å². The number of aryl methyl sites for hydroxylation is 1. The van der Waals surface area contributed by atoms with Gasteiger partial charge in [0.05, 0.1) is 5.41 Å². The Kier molecular flexibility index (Phi) is 2.81. The average Bonchev–Trinajstić information content (AvgIpc) is 2.18.